The normalized spacial score (nSPS) is 23.3. The molecule has 2 aliphatic rings. The van der Waals surface area contributed by atoms with Crippen molar-refractivity contribution in [3.8, 4) is 11.3 Å². The summed E-state index contributed by atoms with van der Waals surface area (Å²) in [4.78, 5) is 24.3. The Bertz CT molecular complexity index is 904. The lowest BCUT2D eigenvalue weighted by atomic mass is 9.94. The first-order valence-electron chi connectivity index (χ1n) is 8.87. The van der Waals surface area contributed by atoms with E-state index in [9.17, 15) is 9.59 Å². The summed E-state index contributed by atoms with van der Waals surface area (Å²) in [6.07, 6.45) is 6.94. The lowest BCUT2D eigenvalue weighted by Gasteiger charge is -2.18. The molecule has 0 saturated heterocycles. The van der Waals surface area contributed by atoms with E-state index in [1.165, 1.54) is 17.2 Å². The number of allylic oxidation sites excluding steroid dienone is 2. The van der Waals surface area contributed by atoms with E-state index in [4.69, 9.17) is 0 Å². The summed E-state index contributed by atoms with van der Waals surface area (Å²) in [6.45, 7) is 0.616. The smallest absolute Gasteiger partial charge is 0.267 e. The zero-order chi connectivity index (χ0) is 18.1. The minimum Gasteiger partial charge on any atom is -0.354 e. The van der Waals surface area contributed by atoms with Crippen molar-refractivity contribution < 1.29 is 4.79 Å². The Labute approximate surface area is 160 Å². The van der Waals surface area contributed by atoms with Gasteiger partial charge in [-0.2, -0.15) is 5.10 Å². The van der Waals surface area contributed by atoms with Gasteiger partial charge in [0.05, 0.1) is 5.69 Å². The van der Waals surface area contributed by atoms with E-state index in [-0.39, 0.29) is 18.0 Å². The summed E-state index contributed by atoms with van der Waals surface area (Å²) in [5.74, 6) is 1.64. The lowest BCUT2D eigenvalue weighted by Crippen LogP contribution is -2.36. The van der Waals surface area contributed by atoms with Gasteiger partial charge < -0.3 is 5.32 Å². The predicted octanol–water partition coefficient (Wildman–Crippen LogP) is 3.00. The molecule has 0 aliphatic heterocycles. The number of nitrogens with zero attached hydrogens (tertiary/aromatic N) is 2. The van der Waals surface area contributed by atoms with Crippen LogP contribution in [0.15, 0.2) is 57.8 Å². The largest absolute Gasteiger partial charge is 0.354 e. The van der Waals surface area contributed by atoms with Crippen LogP contribution in [0.2, 0.25) is 0 Å². The molecule has 1 aromatic heterocycles. The first kappa shape index (κ1) is 17.2. The van der Waals surface area contributed by atoms with Gasteiger partial charge in [-0.15, -0.1) is 0 Å². The molecule has 1 fully saturated rings. The zero-order valence-electron chi connectivity index (χ0n) is 14.3. The molecule has 1 heterocycles. The van der Waals surface area contributed by atoms with E-state index in [1.807, 2.05) is 24.3 Å². The molecule has 26 heavy (non-hydrogen) atoms. The predicted molar refractivity (Wildman–Crippen MR) is 103 cm³/mol. The van der Waals surface area contributed by atoms with Crippen LogP contribution >= 0.6 is 15.9 Å². The second-order valence-electron chi connectivity index (χ2n) is 7.07. The van der Waals surface area contributed by atoms with E-state index >= 15 is 0 Å². The fraction of sp³-hybridized carbons (Fsp3) is 0.350. The molecule has 1 aromatic carbocycles. The minimum atomic E-state index is -0.274. The van der Waals surface area contributed by atoms with Crippen LogP contribution in [-0.4, -0.2) is 22.2 Å². The van der Waals surface area contributed by atoms with Gasteiger partial charge in [0.2, 0.25) is 5.91 Å². The molecule has 1 amide bonds. The molecule has 4 rings (SSSR count). The second-order valence-corrected chi connectivity index (χ2v) is 7.98. The topological polar surface area (TPSA) is 64.0 Å². The molecule has 0 spiro atoms. The molecule has 134 valence electrons. The summed E-state index contributed by atoms with van der Waals surface area (Å²) in [7, 11) is 0. The van der Waals surface area contributed by atoms with Crippen LogP contribution in [0, 0.1) is 17.8 Å². The van der Waals surface area contributed by atoms with Crippen LogP contribution in [0.4, 0.5) is 0 Å². The highest BCUT2D eigenvalue weighted by Crippen LogP contribution is 2.42. The molecule has 2 bridgehead atoms. The van der Waals surface area contributed by atoms with Gasteiger partial charge in [-0.25, -0.2) is 4.68 Å². The third-order valence-corrected chi connectivity index (χ3v) is 5.81. The number of rotatable bonds is 5. The van der Waals surface area contributed by atoms with Crippen molar-refractivity contribution in [2.24, 2.45) is 17.8 Å². The highest BCUT2D eigenvalue weighted by Gasteiger charge is 2.35. The Morgan fingerprint density at radius 3 is 2.65 bits per heavy atom. The monoisotopic (exact) mass is 413 g/mol. The maximum atomic E-state index is 12.3. The minimum absolute atomic E-state index is 0.0557. The molecule has 1 saturated carbocycles. The molecule has 3 unspecified atom stereocenters. The number of hydrogen-bond donors (Lipinski definition) is 1. The quantitative estimate of drug-likeness (QED) is 0.766. The summed E-state index contributed by atoms with van der Waals surface area (Å²) in [6, 6.07) is 10.8. The van der Waals surface area contributed by atoms with Crippen LogP contribution in [-0.2, 0) is 11.3 Å². The van der Waals surface area contributed by atoms with Gasteiger partial charge in [-0.05, 0) is 48.8 Å². The van der Waals surface area contributed by atoms with Gasteiger partial charge in [-0.1, -0.05) is 40.2 Å². The Morgan fingerprint density at radius 1 is 1.15 bits per heavy atom. The number of aromatic nitrogens is 2. The third kappa shape index (κ3) is 3.65. The summed E-state index contributed by atoms with van der Waals surface area (Å²) in [5, 5.41) is 7.32. The maximum absolute atomic E-state index is 12.3. The lowest BCUT2D eigenvalue weighted by molar-refractivity contribution is -0.122. The highest BCUT2D eigenvalue weighted by molar-refractivity contribution is 9.10. The van der Waals surface area contributed by atoms with Gasteiger partial charge >= 0.3 is 0 Å². The van der Waals surface area contributed by atoms with E-state index in [0.717, 1.165) is 16.5 Å². The average molecular weight is 414 g/mol. The number of hydrogen-bond acceptors (Lipinski definition) is 3. The number of halogens is 1. The van der Waals surface area contributed by atoms with E-state index in [0.29, 0.717) is 30.0 Å². The van der Waals surface area contributed by atoms with Crippen molar-refractivity contribution in [3.63, 3.8) is 0 Å². The first-order valence-corrected chi connectivity index (χ1v) is 9.67. The van der Waals surface area contributed by atoms with Crippen LogP contribution in [0.5, 0.6) is 0 Å². The van der Waals surface area contributed by atoms with E-state index < -0.39 is 0 Å². The standard InChI is InChI=1S/C20H20BrN3O2/c21-17-5-3-14(4-6-17)18-7-8-20(26)24(23-18)12-19(25)22-11-16-10-13-1-2-15(16)9-13/h1-8,13,15-16H,9-12H2,(H,22,25). The zero-order valence-corrected chi connectivity index (χ0v) is 15.9. The van der Waals surface area contributed by atoms with Gasteiger partial charge in [-0.3, -0.25) is 9.59 Å². The highest BCUT2D eigenvalue weighted by atomic mass is 79.9. The van der Waals surface area contributed by atoms with Gasteiger partial charge in [0, 0.05) is 22.6 Å². The summed E-state index contributed by atoms with van der Waals surface area (Å²) >= 11 is 3.40. The Kier molecular flexibility index (Phi) is 4.76. The van der Waals surface area contributed by atoms with Crippen molar-refractivity contribution >= 4 is 21.8 Å². The number of fused-ring (bicyclic) bond motifs is 2. The molecule has 0 radical (unpaired) electrons. The SMILES string of the molecule is O=C(Cn1nc(-c2ccc(Br)cc2)ccc1=O)NCC1CC2C=CC1C2. The number of carbonyl (C=O) groups is 1. The van der Waals surface area contributed by atoms with Crippen molar-refractivity contribution in [3.05, 3.63) is 63.4 Å². The molecule has 6 heteroatoms. The number of nitrogens with one attached hydrogen (secondary N) is 1. The van der Waals surface area contributed by atoms with Crippen LogP contribution in [0.3, 0.4) is 0 Å². The van der Waals surface area contributed by atoms with Crippen molar-refractivity contribution in [2.75, 3.05) is 6.54 Å². The maximum Gasteiger partial charge on any atom is 0.267 e. The summed E-state index contributed by atoms with van der Waals surface area (Å²) < 4.78 is 2.21. The van der Waals surface area contributed by atoms with Crippen LogP contribution in [0.1, 0.15) is 12.8 Å². The molecule has 2 aromatic rings. The van der Waals surface area contributed by atoms with Gasteiger partial charge in [0.15, 0.2) is 0 Å². The fourth-order valence-corrected chi connectivity index (χ4v) is 4.17. The molecule has 1 N–H and O–H groups in total. The van der Waals surface area contributed by atoms with Crippen LogP contribution in [0.25, 0.3) is 11.3 Å². The third-order valence-electron chi connectivity index (χ3n) is 5.28. The Balaban J connectivity index is 1.41. The molecular weight excluding hydrogens is 394 g/mol. The van der Waals surface area contributed by atoms with Crippen LogP contribution < -0.4 is 10.9 Å². The van der Waals surface area contributed by atoms with Crippen molar-refractivity contribution in [2.45, 2.75) is 19.4 Å². The Hall–Kier alpha value is -2.21. The number of benzene rings is 1. The second kappa shape index (κ2) is 7.19. The average Bonchev–Trinajstić information content (AvgIpc) is 3.26. The molecule has 2 aliphatic carbocycles. The summed E-state index contributed by atoms with van der Waals surface area (Å²) in [5.41, 5.74) is 1.29. The Morgan fingerprint density at radius 2 is 1.96 bits per heavy atom. The first-order chi connectivity index (χ1) is 12.6. The van der Waals surface area contributed by atoms with Gasteiger partial charge in [0.1, 0.15) is 6.54 Å². The number of amides is 1. The fourth-order valence-electron chi connectivity index (χ4n) is 3.90. The van der Waals surface area contributed by atoms with Crippen molar-refractivity contribution in [1.29, 1.82) is 0 Å². The van der Waals surface area contributed by atoms with E-state index in [2.05, 4.69) is 38.5 Å². The van der Waals surface area contributed by atoms with E-state index in [1.54, 1.807) is 6.07 Å². The molecule has 5 nitrogen and oxygen atoms in total. The molecule has 3 atom stereocenters. The molecular formula is C20H20BrN3O2. The van der Waals surface area contributed by atoms with Crippen molar-refractivity contribution in [1.82, 2.24) is 15.1 Å². The number of carbonyl (C=O) groups excluding carboxylic acids is 1. The van der Waals surface area contributed by atoms with Gasteiger partial charge in [0.25, 0.3) is 5.56 Å².